The Morgan fingerprint density at radius 3 is 2.76 bits per heavy atom. The van der Waals surface area contributed by atoms with Gasteiger partial charge in [-0.3, -0.25) is 4.99 Å². The maximum atomic E-state index is 5.80. The molecule has 166 valence electrons. The molecule has 1 saturated heterocycles. The van der Waals surface area contributed by atoms with Gasteiger partial charge in [0.15, 0.2) is 5.96 Å². The van der Waals surface area contributed by atoms with Gasteiger partial charge in [-0.15, -0.1) is 24.0 Å². The van der Waals surface area contributed by atoms with Crippen LogP contribution < -0.4 is 15.4 Å². The average molecular weight is 521 g/mol. The second-order valence-electron chi connectivity index (χ2n) is 6.83. The first-order valence-electron chi connectivity index (χ1n) is 10.2. The number of guanidine groups is 1. The first-order chi connectivity index (χ1) is 13.8. The zero-order chi connectivity index (χ0) is 19.9. The lowest BCUT2D eigenvalue weighted by Gasteiger charge is -2.21. The highest BCUT2D eigenvalue weighted by Gasteiger charge is 2.13. The maximum absolute atomic E-state index is 5.80. The van der Waals surface area contributed by atoms with Gasteiger partial charge in [0.05, 0.1) is 6.61 Å². The molecule has 0 spiro atoms. The Balaban J connectivity index is 0.00000420. The van der Waals surface area contributed by atoms with Gasteiger partial charge < -0.3 is 29.6 Å². The molecule has 7 nitrogen and oxygen atoms in total. The quantitative estimate of drug-likeness (QED) is 0.190. The maximum Gasteiger partial charge on any atom is 0.195 e. The van der Waals surface area contributed by atoms with Crippen molar-refractivity contribution in [3.05, 3.63) is 24.3 Å². The summed E-state index contributed by atoms with van der Waals surface area (Å²) >= 11 is 0. The standard InChI is InChI=1S/C21H35N3O4.HI/c1-22-21(23-10-4-12-27-17-18-8-14-26-15-9-18)24-19-6-3-7-20(16-19)28-13-5-11-25-2;/h3,6-7,16,18H,4-5,8-15,17H2,1-2H3,(H2,22,23,24);1H. The highest BCUT2D eigenvalue weighted by atomic mass is 127. The van der Waals surface area contributed by atoms with Crippen LogP contribution in [0.2, 0.25) is 0 Å². The van der Waals surface area contributed by atoms with Gasteiger partial charge in [-0.2, -0.15) is 0 Å². The van der Waals surface area contributed by atoms with E-state index in [1.807, 2.05) is 24.3 Å². The number of nitrogens with one attached hydrogen (secondary N) is 2. The molecule has 0 radical (unpaired) electrons. The third-order valence-corrected chi connectivity index (χ3v) is 4.53. The molecule has 0 atom stereocenters. The third-order valence-electron chi connectivity index (χ3n) is 4.53. The van der Waals surface area contributed by atoms with Gasteiger partial charge in [0, 0.05) is 71.9 Å². The highest BCUT2D eigenvalue weighted by Crippen LogP contribution is 2.17. The minimum atomic E-state index is 0. The predicted molar refractivity (Wildman–Crippen MR) is 128 cm³/mol. The van der Waals surface area contributed by atoms with Crippen molar-refractivity contribution in [2.45, 2.75) is 25.7 Å². The van der Waals surface area contributed by atoms with Crippen LogP contribution in [0.3, 0.4) is 0 Å². The number of benzene rings is 1. The molecule has 1 aromatic carbocycles. The van der Waals surface area contributed by atoms with Crippen molar-refractivity contribution in [1.82, 2.24) is 5.32 Å². The average Bonchev–Trinajstić information content (AvgIpc) is 2.74. The summed E-state index contributed by atoms with van der Waals surface area (Å²) < 4.78 is 21.9. The summed E-state index contributed by atoms with van der Waals surface area (Å²) in [5.41, 5.74) is 0.938. The lowest BCUT2D eigenvalue weighted by atomic mass is 10.0. The number of hydrogen-bond donors (Lipinski definition) is 2. The van der Waals surface area contributed by atoms with Gasteiger partial charge in [-0.05, 0) is 37.3 Å². The molecule has 0 saturated carbocycles. The van der Waals surface area contributed by atoms with Gasteiger partial charge in [-0.1, -0.05) is 6.07 Å². The zero-order valence-electron chi connectivity index (χ0n) is 17.7. The van der Waals surface area contributed by atoms with Crippen molar-refractivity contribution in [3.63, 3.8) is 0 Å². The van der Waals surface area contributed by atoms with E-state index >= 15 is 0 Å². The lowest BCUT2D eigenvalue weighted by Crippen LogP contribution is -2.32. The number of ether oxygens (including phenoxy) is 4. The number of methoxy groups -OCH3 is 1. The largest absolute Gasteiger partial charge is 0.493 e. The van der Waals surface area contributed by atoms with Crippen molar-refractivity contribution < 1.29 is 18.9 Å². The molecule has 2 rings (SSSR count). The van der Waals surface area contributed by atoms with Crippen molar-refractivity contribution in [2.75, 3.05) is 65.7 Å². The van der Waals surface area contributed by atoms with Crippen molar-refractivity contribution in [2.24, 2.45) is 10.9 Å². The van der Waals surface area contributed by atoms with Crippen molar-refractivity contribution >= 4 is 35.6 Å². The molecule has 1 aliphatic heterocycles. The molecule has 29 heavy (non-hydrogen) atoms. The molecule has 1 heterocycles. The number of rotatable bonds is 12. The molecular weight excluding hydrogens is 485 g/mol. The molecule has 8 heteroatoms. The van der Waals surface area contributed by atoms with E-state index in [4.69, 9.17) is 18.9 Å². The van der Waals surface area contributed by atoms with Crippen LogP contribution in [0.25, 0.3) is 0 Å². The number of anilines is 1. The monoisotopic (exact) mass is 521 g/mol. The molecule has 1 fully saturated rings. The van der Waals surface area contributed by atoms with Crippen LogP contribution in [0.4, 0.5) is 5.69 Å². The van der Waals surface area contributed by atoms with Crippen LogP contribution in [0.1, 0.15) is 25.7 Å². The Hall–Kier alpha value is -1.10. The summed E-state index contributed by atoms with van der Waals surface area (Å²) in [6, 6.07) is 7.87. The molecule has 0 bridgehead atoms. The Morgan fingerprint density at radius 2 is 2.00 bits per heavy atom. The molecule has 2 N–H and O–H groups in total. The minimum absolute atomic E-state index is 0. The Kier molecular flexibility index (Phi) is 14.9. The lowest BCUT2D eigenvalue weighted by molar-refractivity contribution is 0.0203. The van der Waals surface area contributed by atoms with Crippen LogP contribution >= 0.6 is 24.0 Å². The Labute approximate surface area is 191 Å². The van der Waals surface area contributed by atoms with Gasteiger partial charge in [0.1, 0.15) is 5.75 Å². The van der Waals surface area contributed by atoms with Crippen molar-refractivity contribution in [1.29, 1.82) is 0 Å². The number of hydrogen-bond acceptors (Lipinski definition) is 5. The summed E-state index contributed by atoms with van der Waals surface area (Å²) in [7, 11) is 3.46. The summed E-state index contributed by atoms with van der Waals surface area (Å²) in [6.45, 7) is 5.49. The summed E-state index contributed by atoms with van der Waals surface area (Å²) in [5, 5.41) is 6.61. The van der Waals surface area contributed by atoms with E-state index in [9.17, 15) is 0 Å². The van der Waals surface area contributed by atoms with E-state index in [1.54, 1.807) is 14.2 Å². The van der Waals surface area contributed by atoms with Crippen LogP contribution in [0.15, 0.2) is 29.3 Å². The van der Waals surface area contributed by atoms with Crippen LogP contribution in [0.5, 0.6) is 5.75 Å². The van der Waals surface area contributed by atoms with Gasteiger partial charge in [0.25, 0.3) is 0 Å². The highest BCUT2D eigenvalue weighted by molar-refractivity contribution is 14.0. The zero-order valence-corrected chi connectivity index (χ0v) is 20.0. The Bertz CT molecular complexity index is 569. The first-order valence-corrected chi connectivity index (χ1v) is 10.2. The number of nitrogens with zero attached hydrogens (tertiary/aromatic N) is 1. The second kappa shape index (κ2) is 16.7. The summed E-state index contributed by atoms with van der Waals surface area (Å²) in [4.78, 5) is 4.27. The fourth-order valence-corrected chi connectivity index (χ4v) is 2.92. The molecule has 0 aromatic heterocycles. The summed E-state index contributed by atoms with van der Waals surface area (Å²) in [6.07, 6.45) is 4.04. The SMILES string of the molecule is CN=C(NCCCOCC1CCOCC1)Nc1cccc(OCCCOC)c1.I. The fraction of sp³-hybridized carbons (Fsp3) is 0.667. The van der Waals surface area contributed by atoms with Crippen LogP contribution in [-0.2, 0) is 14.2 Å². The van der Waals surface area contributed by atoms with Crippen LogP contribution in [-0.4, -0.2) is 66.3 Å². The Morgan fingerprint density at radius 1 is 1.17 bits per heavy atom. The molecule has 1 aromatic rings. The molecule has 0 unspecified atom stereocenters. The third kappa shape index (κ3) is 11.6. The molecule has 0 amide bonds. The summed E-state index contributed by atoms with van der Waals surface area (Å²) in [5.74, 6) is 2.22. The van der Waals surface area contributed by atoms with E-state index in [1.165, 1.54) is 0 Å². The van der Waals surface area contributed by atoms with E-state index < -0.39 is 0 Å². The van der Waals surface area contributed by atoms with Gasteiger partial charge in [0.2, 0.25) is 0 Å². The van der Waals surface area contributed by atoms with Crippen molar-refractivity contribution in [3.8, 4) is 5.75 Å². The smallest absolute Gasteiger partial charge is 0.195 e. The van der Waals surface area contributed by atoms with E-state index in [0.29, 0.717) is 19.1 Å². The van der Waals surface area contributed by atoms with Crippen LogP contribution in [0, 0.1) is 5.92 Å². The van der Waals surface area contributed by atoms with E-state index in [2.05, 4.69) is 15.6 Å². The van der Waals surface area contributed by atoms with Gasteiger partial charge in [-0.25, -0.2) is 0 Å². The predicted octanol–water partition coefficient (Wildman–Crippen LogP) is 3.54. The molecular formula is C21H36IN3O4. The second-order valence-corrected chi connectivity index (χ2v) is 6.83. The normalized spacial score (nSPS) is 14.9. The first kappa shape index (κ1) is 25.9. The van der Waals surface area contributed by atoms with Gasteiger partial charge >= 0.3 is 0 Å². The topological polar surface area (TPSA) is 73.3 Å². The van der Waals surface area contributed by atoms with E-state index in [-0.39, 0.29) is 24.0 Å². The number of halogens is 1. The molecule has 1 aliphatic rings. The van der Waals surface area contributed by atoms with E-state index in [0.717, 1.165) is 76.1 Å². The fourth-order valence-electron chi connectivity index (χ4n) is 2.92. The molecule has 0 aliphatic carbocycles. The minimum Gasteiger partial charge on any atom is -0.493 e. The number of aliphatic imine (C=N–C) groups is 1.